The quantitative estimate of drug-likeness (QED) is 0.792. The highest BCUT2D eigenvalue weighted by Gasteiger charge is 2.47. The van der Waals surface area contributed by atoms with Crippen LogP contribution in [-0.4, -0.2) is 48.9 Å². The molecule has 7 heteroatoms. The fourth-order valence-electron chi connectivity index (χ4n) is 4.80. The van der Waals surface area contributed by atoms with Crippen molar-refractivity contribution in [3.8, 4) is 0 Å². The van der Waals surface area contributed by atoms with E-state index < -0.39 is 5.82 Å². The van der Waals surface area contributed by atoms with Crippen molar-refractivity contribution in [2.24, 2.45) is 17.6 Å². The first-order chi connectivity index (χ1) is 13.1. The minimum absolute atomic E-state index is 0. The number of carbonyl (C=O) groups excluding carboxylic acids is 1. The molecule has 0 radical (unpaired) electrons. The SMILES string of the molecule is CN1C[C@H]2CN(C(=O)c3cc(CCN)ccc3F)C[C@H]2[C@@H]1c1ccccc1.Cl.Cl. The van der Waals surface area contributed by atoms with Crippen LogP contribution in [0.4, 0.5) is 4.39 Å². The first-order valence-electron chi connectivity index (χ1n) is 9.61. The molecule has 2 aromatic rings. The lowest BCUT2D eigenvalue weighted by Crippen LogP contribution is -2.34. The van der Waals surface area contributed by atoms with Crippen molar-refractivity contribution in [2.75, 3.05) is 33.2 Å². The molecule has 2 saturated heterocycles. The molecule has 29 heavy (non-hydrogen) atoms. The number of hydrogen-bond acceptors (Lipinski definition) is 3. The minimum atomic E-state index is -0.449. The molecule has 2 fully saturated rings. The van der Waals surface area contributed by atoms with E-state index in [-0.39, 0.29) is 36.3 Å². The maximum atomic E-state index is 14.3. The Labute approximate surface area is 184 Å². The van der Waals surface area contributed by atoms with Gasteiger partial charge in [0.2, 0.25) is 0 Å². The number of benzene rings is 2. The molecular formula is C22H28Cl2FN3O. The molecule has 2 aliphatic heterocycles. The number of fused-ring (bicyclic) bond motifs is 1. The third-order valence-electron chi connectivity index (χ3n) is 6.02. The van der Waals surface area contributed by atoms with Crippen LogP contribution >= 0.6 is 24.8 Å². The summed E-state index contributed by atoms with van der Waals surface area (Å²) in [6, 6.07) is 15.5. The van der Waals surface area contributed by atoms with Crippen molar-refractivity contribution in [3.05, 3.63) is 71.0 Å². The third-order valence-corrected chi connectivity index (χ3v) is 6.02. The van der Waals surface area contributed by atoms with Gasteiger partial charge in [-0.15, -0.1) is 24.8 Å². The normalized spacial score (nSPS) is 23.3. The standard InChI is InChI=1S/C22H26FN3O.2ClH/c1-25-12-17-13-26(14-19(17)21(25)16-5-3-2-4-6-16)22(27)18-11-15(9-10-24)7-8-20(18)23;;/h2-8,11,17,19,21H,9-10,12-14,24H2,1H3;2*1H/t17-,19+,21-;;/m0../s1. The number of hydrogen-bond donors (Lipinski definition) is 1. The van der Waals surface area contributed by atoms with Crippen molar-refractivity contribution in [3.63, 3.8) is 0 Å². The lowest BCUT2D eigenvalue weighted by Gasteiger charge is -2.27. The van der Waals surface area contributed by atoms with Crippen molar-refractivity contribution in [2.45, 2.75) is 12.5 Å². The predicted octanol–water partition coefficient (Wildman–Crippen LogP) is 3.55. The van der Waals surface area contributed by atoms with Crippen LogP contribution in [0.5, 0.6) is 0 Å². The summed E-state index contributed by atoms with van der Waals surface area (Å²) in [6.07, 6.45) is 0.646. The predicted molar refractivity (Wildman–Crippen MR) is 118 cm³/mol. The van der Waals surface area contributed by atoms with Gasteiger partial charge in [0.05, 0.1) is 5.56 Å². The van der Waals surface area contributed by atoms with Gasteiger partial charge in [-0.05, 0) is 49.2 Å². The maximum Gasteiger partial charge on any atom is 0.256 e. The molecule has 1 amide bonds. The summed E-state index contributed by atoms with van der Waals surface area (Å²) in [4.78, 5) is 17.2. The fourth-order valence-corrected chi connectivity index (χ4v) is 4.80. The van der Waals surface area contributed by atoms with Crippen LogP contribution in [0.2, 0.25) is 0 Å². The van der Waals surface area contributed by atoms with Crippen molar-refractivity contribution in [1.82, 2.24) is 9.80 Å². The lowest BCUT2D eigenvalue weighted by molar-refractivity contribution is 0.0763. The number of rotatable bonds is 4. The largest absolute Gasteiger partial charge is 0.338 e. The van der Waals surface area contributed by atoms with Crippen LogP contribution in [0.1, 0.15) is 27.5 Å². The second kappa shape index (κ2) is 9.90. The van der Waals surface area contributed by atoms with E-state index in [2.05, 4.69) is 36.2 Å². The smallest absolute Gasteiger partial charge is 0.256 e. The number of amides is 1. The molecule has 2 aliphatic rings. The highest BCUT2D eigenvalue weighted by Crippen LogP contribution is 2.44. The van der Waals surface area contributed by atoms with Gasteiger partial charge in [-0.2, -0.15) is 0 Å². The molecule has 2 N–H and O–H groups in total. The molecule has 0 spiro atoms. The molecule has 0 unspecified atom stereocenters. The second-order valence-corrected chi connectivity index (χ2v) is 7.78. The summed E-state index contributed by atoms with van der Waals surface area (Å²) in [7, 11) is 2.15. The zero-order chi connectivity index (χ0) is 19.0. The molecule has 2 heterocycles. The minimum Gasteiger partial charge on any atom is -0.338 e. The Bertz CT molecular complexity index is 836. The summed E-state index contributed by atoms with van der Waals surface area (Å²) in [6.45, 7) is 2.81. The van der Waals surface area contributed by atoms with E-state index in [0.29, 0.717) is 43.9 Å². The topological polar surface area (TPSA) is 49.6 Å². The van der Waals surface area contributed by atoms with Crippen LogP contribution in [0, 0.1) is 17.7 Å². The number of likely N-dealkylation sites (tertiary alicyclic amines) is 2. The third kappa shape index (κ3) is 4.58. The fraction of sp³-hybridized carbons (Fsp3) is 0.409. The van der Waals surface area contributed by atoms with Gasteiger partial charge in [0.15, 0.2) is 0 Å². The maximum absolute atomic E-state index is 14.3. The monoisotopic (exact) mass is 439 g/mol. The van der Waals surface area contributed by atoms with Gasteiger partial charge in [0, 0.05) is 31.6 Å². The Morgan fingerprint density at radius 2 is 1.83 bits per heavy atom. The van der Waals surface area contributed by atoms with Gasteiger partial charge in [-0.25, -0.2) is 4.39 Å². The average molecular weight is 440 g/mol. The van der Waals surface area contributed by atoms with Gasteiger partial charge in [0.25, 0.3) is 5.91 Å². The molecule has 2 aromatic carbocycles. The molecule has 0 bridgehead atoms. The molecule has 0 aliphatic carbocycles. The summed E-state index contributed by atoms with van der Waals surface area (Å²) < 4.78 is 14.3. The highest BCUT2D eigenvalue weighted by atomic mass is 35.5. The van der Waals surface area contributed by atoms with E-state index in [4.69, 9.17) is 5.73 Å². The first kappa shape index (κ1) is 23.6. The first-order valence-corrected chi connectivity index (χ1v) is 9.61. The Kier molecular flexibility index (Phi) is 8.06. The number of halogens is 3. The second-order valence-electron chi connectivity index (χ2n) is 7.78. The van der Waals surface area contributed by atoms with Gasteiger partial charge in [-0.1, -0.05) is 36.4 Å². The Balaban J connectivity index is 0.00000150. The number of nitrogens with zero attached hydrogens (tertiary/aromatic N) is 2. The summed E-state index contributed by atoms with van der Waals surface area (Å²) in [5, 5.41) is 0. The zero-order valence-corrected chi connectivity index (χ0v) is 18.1. The van der Waals surface area contributed by atoms with Crippen LogP contribution in [0.15, 0.2) is 48.5 Å². The molecule has 4 nitrogen and oxygen atoms in total. The molecular weight excluding hydrogens is 412 g/mol. The van der Waals surface area contributed by atoms with Gasteiger partial charge < -0.3 is 10.6 Å². The summed E-state index contributed by atoms with van der Waals surface area (Å²) in [5.41, 5.74) is 7.97. The van der Waals surface area contributed by atoms with E-state index >= 15 is 0 Å². The van der Waals surface area contributed by atoms with Crippen molar-refractivity contribution >= 4 is 30.7 Å². The highest BCUT2D eigenvalue weighted by molar-refractivity contribution is 5.95. The summed E-state index contributed by atoms with van der Waals surface area (Å²) >= 11 is 0. The van der Waals surface area contributed by atoms with Crippen LogP contribution < -0.4 is 5.73 Å². The molecule has 4 rings (SSSR count). The van der Waals surface area contributed by atoms with Gasteiger partial charge in [-0.3, -0.25) is 9.69 Å². The van der Waals surface area contributed by atoms with E-state index in [1.165, 1.54) is 11.6 Å². The van der Waals surface area contributed by atoms with Crippen molar-refractivity contribution < 1.29 is 9.18 Å². The number of carbonyl (C=O) groups is 1. The van der Waals surface area contributed by atoms with Gasteiger partial charge >= 0.3 is 0 Å². The van der Waals surface area contributed by atoms with Crippen LogP contribution in [-0.2, 0) is 6.42 Å². The van der Waals surface area contributed by atoms with Crippen LogP contribution in [0.3, 0.4) is 0 Å². The molecule has 3 atom stereocenters. The lowest BCUT2D eigenvalue weighted by atomic mass is 9.90. The Morgan fingerprint density at radius 3 is 2.52 bits per heavy atom. The van der Waals surface area contributed by atoms with E-state index in [9.17, 15) is 9.18 Å². The zero-order valence-electron chi connectivity index (χ0n) is 16.5. The average Bonchev–Trinajstić information content (AvgIpc) is 3.20. The molecule has 158 valence electrons. The summed E-state index contributed by atoms with van der Waals surface area (Å²) in [5.74, 6) is 0.167. The van der Waals surface area contributed by atoms with Gasteiger partial charge in [0.1, 0.15) is 5.82 Å². The van der Waals surface area contributed by atoms with E-state index in [1.54, 1.807) is 12.1 Å². The number of nitrogens with two attached hydrogens (primary N) is 1. The van der Waals surface area contributed by atoms with Crippen LogP contribution in [0.25, 0.3) is 0 Å². The van der Waals surface area contributed by atoms with E-state index in [1.807, 2.05) is 11.0 Å². The molecule has 0 aromatic heterocycles. The molecule has 0 saturated carbocycles. The van der Waals surface area contributed by atoms with Crippen molar-refractivity contribution in [1.29, 1.82) is 0 Å². The Hall–Kier alpha value is -1.66. The van der Waals surface area contributed by atoms with E-state index in [0.717, 1.165) is 12.1 Å². The Morgan fingerprint density at radius 1 is 1.10 bits per heavy atom.